The van der Waals surface area contributed by atoms with Gasteiger partial charge in [0.05, 0.1) is 0 Å². The van der Waals surface area contributed by atoms with Crippen molar-refractivity contribution < 1.29 is 4.79 Å². The predicted molar refractivity (Wildman–Crippen MR) is 92.4 cm³/mol. The van der Waals surface area contributed by atoms with Crippen LogP contribution in [-0.4, -0.2) is 6.29 Å². The molecule has 2 atom stereocenters. The van der Waals surface area contributed by atoms with Crippen molar-refractivity contribution in [3.8, 4) is 0 Å². The highest BCUT2D eigenvalue weighted by atomic mass is 16.1. The second-order valence-electron chi connectivity index (χ2n) is 6.53. The highest BCUT2D eigenvalue weighted by molar-refractivity contribution is 5.65. The summed E-state index contributed by atoms with van der Waals surface area (Å²) < 4.78 is 0. The van der Waals surface area contributed by atoms with E-state index in [4.69, 9.17) is 0 Å². The molecule has 0 radical (unpaired) electrons. The fourth-order valence-corrected chi connectivity index (χ4v) is 3.66. The molecule has 0 aromatic carbocycles. The van der Waals surface area contributed by atoms with Gasteiger partial charge in [-0.2, -0.15) is 0 Å². The number of hydrogen-bond donors (Lipinski definition) is 0. The first-order chi connectivity index (χ1) is 10.4. The Morgan fingerprint density at radius 3 is 2.33 bits per heavy atom. The van der Waals surface area contributed by atoms with Crippen LogP contribution in [0.15, 0.2) is 24.3 Å². The third-order valence-electron chi connectivity index (χ3n) is 4.89. The highest BCUT2D eigenvalue weighted by Crippen LogP contribution is 2.38. The van der Waals surface area contributed by atoms with E-state index in [1.807, 2.05) is 12.2 Å². The molecule has 0 amide bonds. The standard InChI is InChI=1S/C20H34O/c1-2-3-4-5-7-10-14-19-16-13-17-20(19)15-11-8-6-9-12-18-21/h6,8-9,12,18-20H,2-5,7,10-11,13-17H2,1H3/b8-6+,12-9+/t19-,20-/m0/s1. The third kappa shape index (κ3) is 8.90. The molecule has 0 aromatic heterocycles. The summed E-state index contributed by atoms with van der Waals surface area (Å²) in [5, 5.41) is 0. The smallest absolute Gasteiger partial charge is 0.142 e. The van der Waals surface area contributed by atoms with Crippen LogP contribution in [0.1, 0.15) is 84.0 Å². The zero-order valence-corrected chi connectivity index (χ0v) is 13.9. The van der Waals surface area contributed by atoms with Crippen molar-refractivity contribution in [2.75, 3.05) is 0 Å². The molecule has 1 nitrogen and oxygen atoms in total. The van der Waals surface area contributed by atoms with Crippen molar-refractivity contribution in [1.82, 2.24) is 0 Å². The Bertz CT molecular complexity index is 303. The van der Waals surface area contributed by atoms with Gasteiger partial charge in [-0.3, -0.25) is 4.79 Å². The maximum atomic E-state index is 10.2. The van der Waals surface area contributed by atoms with Gasteiger partial charge < -0.3 is 0 Å². The van der Waals surface area contributed by atoms with Crippen LogP contribution in [0.2, 0.25) is 0 Å². The van der Waals surface area contributed by atoms with Crippen LogP contribution in [0.4, 0.5) is 0 Å². The number of hydrogen-bond acceptors (Lipinski definition) is 1. The zero-order valence-electron chi connectivity index (χ0n) is 13.9. The summed E-state index contributed by atoms with van der Waals surface area (Å²) in [6.45, 7) is 2.28. The summed E-state index contributed by atoms with van der Waals surface area (Å²) in [6, 6.07) is 0. The van der Waals surface area contributed by atoms with E-state index >= 15 is 0 Å². The summed E-state index contributed by atoms with van der Waals surface area (Å²) in [6.07, 6.45) is 25.3. The third-order valence-corrected chi connectivity index (χ3v) is 4.89. The fourth-order valence-electron chi connectivity index (χ4n) is 3.66. The summed E-state index contributed by atoms with van der Waals surface area (Å²) >= 11 is 0. The van der Waals surface area contributed by atoms with Crippen LogP contribution in [0.25, 0.3) is 0 Å². The van der Waals surface area contributed by atoms with Crippen LogP contribution < -0.4 is 0 Å². The SMILES string of the molecule is CCCCCCCC[C@H]1CCC[C@@H]1CC/C=C/C=C/C=O. The molecule has 1 aliphatic rings. The van der Waals surface area contributed by atoms with E-state index in [0.29, 0.717) is 0 Å². The average molecular weight is 290 g/mol. The maximum absolute atomic E-state index is 10.2. The molecular weight excluding hydrogens is 256 g/mol. The molecular formula is C20H34O. The monoisotopic (exact) mass is 290 g/mol. The Morgan fingerprint density at radius 1 is 0.857 bits per heavy atom. The van der Waals surface area contributed by atoms with Crippen molar-refractivity contribution >= 4 is 6.29 Å². The van der Waals surface area contributed by atoms with Crippen LogP contribution in [0.3, 0.4) is 0 Å². The molecule has 0 aromatic rings. The Morgan fingerprint density at radius 2 is 1.57 bits per heavy atom. The molecule has 1 rings (SSSR count). The van der Waals surface area contributed by atoms with Gasteiger partial charge >= 0.3 is 0 Å². The minimum atomic E-state index is 0.831. The normalized spacial score (nSPS) is 22.5. The summed E-state index contributed by atoms with van der Waals surface area (Å²) in [5.74, 6) is 1.95. The summed E-state index contributed by atoms with van der Waals surface area (Å²) in [4.78, 5) is 10.2. The molecule has 21 heavy (non-hydrogen) atoms. The number of carbonyl (C=O) groups is 1. The fraction of sp³-hybridized carbons (Fsp3) is 0.750. The van der Waals surface area contributed by atoms with E-state index in [0.717, 1.165) is 18.1 Å². The van der Waals surface area contributed by atoms with Gasteiger partial charge in [-0.1, -0.05) is 89.4 Å². The molecule has 0 spiro atoms. The van der Waals surface area contributed by atoms with E-state index in [1.165, 1.54) is 77.0 Å². The first-order valence-electron chi connectivity index (χ1n) is 9.15. The van der Waals surface area contributed by atoms with Crippen molar-refractivity contribution in [2.24, 2.45) is 11.8 Å². The van der Waals surface area contributed by atoms with Gasteiger partial charge in [0.15, 0.2) is 0 Å². The molecule has 0 unspecified atom stereocenters. The lowest BCUT2D eigenvalue weighted by Crippen LogP contribution is -2.07. The molecule has 0 saturated heterocycles. The van der Waals surface area contributed by atoms with Gasteiger partial charge in [-0.15, -0.1) is 0 Å². The lowest BCUT2D eigenvalue weighted by Gasteiger charge is -2.18. The quantitative estimate of drug-likeness (QED) is 0.180. The summed E-state index contributed by atoms with van der Waals surface area (Å²) in [7, 11) is 0. The molecule has 1 heteroatoms. The van der Waals surface area contributed by atoms with Gasteiger partial charge in [0.25, 0.3) is 0 Å². The van der Waals surface area contributed by atoms with Crippen molar-refractivity contribution in [3.63, 3.8) is 0 Å². The lowest BCUT2D eigenvalue weighted by atomic mass is 9.87. The van der Waals surface area contributed by atoms with Gasteiger partial charge in [0.2, 0.25) is 0 Å². The zero-order chi connectivity index (χ0) is 15.2. The Balaban J connectivity index is 2.09. The van der Waals surface area contributed by atoms with E-state index in [-0.39, 0.29) is 0 Å². The summed E-state index contributed by atoms with van der Waals surface area (Å²) in [5.41, 5.74) is 0. The molecule has 0 bridgehead atoms. The van der Waals surface area contributed by atoms with Crippen LogP contribution >= 0.6 is 0 Å². The van der Waals surface area contributed by atoms with Crippen LogP contribution in [-0.2, 0) is 4.79 Å². The van der Waals surface area contributed by atoms with Gasteiger partial charge in [0, 0.05) is 0 Å². The molecule has 0 N–H and O–H groups in total. The number of rotatable bonds is 12. The van der Waals surface area contributed by atoms with Crippen molar-refractivity contribution in [2.45, 2.75) is 84.0 Å². The predicted octanol–water partition coefficient (Wildman–Crippen LogP) is 6.24. The Kier molecular flexibility index (Phi) is 11.1. The number of allylic oxidation sites excluding steroid dienone is 4. The van der Waals surface area contributed by atoms with Crippen LogP contribution in [0, 0.1) is 11.8 Å². The van der Waals surface area contributed by atoms with Gasteiger partial charge in [-0.05, 0) is 30.8 Å². The number of aldehydes is 1. The lowest BCUT2D eigenvalue weighted by molar-refractivity contribution is -0.104. The van der Waals surface area contributed by atoms with Crippen LogP contribution in [0.5, 0.6) is 0 Å². The highest BCUT2D eigenvalue weighted by Gasteiger charge is 2.25. The molecule has 0 aliphatic heterocycles. The van der Waals surface area contributed by atoms with E-state index < -0.39 is 0 Å². The number of unbranched alkanes of at least 4 members (excludes halogenated alkanes) is 5. The maximum Gasteiger partial charge on any atom is 0.142 e. The first kappa shape index (κ1) is 18.2. The Hall–Kier alpha value is -0.850. The molecule has 120 valence electrons. The topological polar surface area (TPSA) is 17.1 Å². The molecule has 0 heterocycles. The minimum Gasteiger partial charge on any atom is -0.299 e. The van der Waals surface area contributed by atoms with E-state index in [9.17, 15) is 4.79 Å². The van der Waals surface area contributed by atoms with E-state index in [1.54, 1.807) is 6.08 Å². The van der Waals surface area contributed by atoms with E-state index in [2.05, 4.69) is 13.0 Å². The van der Waals surface area contributed by atoms with Gasteiger partial charge in [0.1, 0.15) is 6.29 Å². The molecule has 1 saturated carbocycles. The second-order valence-corrected chi connectivity index (χ2v) is 6.53. The minimum absolute atomic E-state index is 0.831. The van der Waals surface area contributed by atoms with Gasteiger partial charge in [-0.25, -0.2) is 0 Å². The molecule has 1 fully saturated rings. The van der Waals surface area contributed by atoms with Crippen molar-refractivity contribution in [1.29, 1.82) is 0 Å². The number of carbonyl (C=O) groups excluding carboxylic acids is 1. The average Bonchev–Trinajstić information content (AvgIpc) is 2.94. The second kappa shape index (κ2) is 12.9. The first-order valence-corrected chi connectivity index (χ1v) is 9.15. The largest absolute Gasteiger partial charge is 0.299 e. The van der Waals surface area contributed by atoms with Crippen molar-refractivity contribution in [3.05, 3.63) is 24.3 Å². The Labute approximate surface area is 131 Å². The molecule has 1 aliphatic carbocycles.